The predicted molar refractivity (Wildman–Crippen MR) is 104 cm³/mol. The minimum absolute atomic E-state index is 0.0447. The zero-order valence-electron chi connectivity index (χ0n) is 16.6. The van der Waals surface area contributed by atoms with Crippen molar-refractivity contribution in [3.05, 3.63) is 35.4 Å². The van der Waals surface area contributed by atoms with Gasteiger partial charge in [-0.15, -0.1) is 0 Å². The van der Waals surface area contributed by atoms with Crippen LogP contribution in [0.5, 0.6) is 0 Å². The Hall–Kier alpha value is -2.45. The van der Waals surface area contributed by atoms with Crippen molar-refractivity contribution >= 4 is 17.8 Å². The quantitative estimate of drug-likeness (QED) is 0.622. The van der Waals surface area contributed by atoms with Crippen LogP contribution in [-0.2, 0) is 25.6 Å². The average molecular weight is 391 g/mol. The third kappa shape index (κ3) is 6.94. The summed E-state index contributed by atoms with van der Waals surface area (Å²) < 4.78 is 10.5. The van der Waals surface area contributed by atoms with Gasteiger partial charge in [-0.1, -0.05) is 12.1 Å². The first kappa shape index (κ1) is 21.8. The molecule has 1 fully saturated rings. The lowest BCUT2D eigenvalue weighted by Crippen LogP contribution is -2.42. The van der Waals surface area contributed by atoms with Crippen molar-refractivity contribution in [1.29, 1.82) is 0 Å². The molecule has 0 unspecified atom stereocenters. The predicted octanol–water partition coefficient (Wildman–Crippen LogP) is 0.660. The van der Waals surface area contributed by atoms with Crippen LogP contribution in [0, 0.1) is 0 Å². The van der Waals surface area contributed by atoms with Gasteiger partial charge in [-0.25, -0.2) is 4.79 Å². The normalized spacial score (nSPS) is 14.4. The summed E-state index contributed by atoms with van der Waals surface area (Å²) in [5, 5.41) is 2.64. The number of rotatable bonds is 9. The van der Waals surface area contributed by atoms with Crippen LogP contribution in [0.2, 0.25) is 0 Å². The van der Waals surface area contributed by atoms with E-state index in [1.165, 1.54) is 4.90 Å². The van der Waals surface area contributed by atoms with Crippen LogP contribution in [0.15, 0.2) is 24.3 Å². The largest absolute Gasteiger partial charge is 0.452 e. The lowest BCUT2D eigenvalue weighted by molar-refractivity contribution is -0.138. The van der Waals surface area contributed by atoms with E-state index in [0.717, 1.165) is 38.4 Å². The third-order valence-corrected chi connectivity index (χ3v) is 4.47. The number of carbonyl (C=O) groups is 3. The Morgan fingerprint density at radius 3 is 2.43 bits per heavy atom. The van der Waals surface area contributed by atoms with E-state index in [0.29, 0.717) is 18.7 Å². The molecule has 0 aliphatic carbocycles. The Kier molecular flexibility index (Phi) is 8.90. The third-order valence-electron chi connectivity index (χ3n) is 4.47. The van der Waals surface area contributed by atoms with Gasteiger partial charge in [0.05, 0.1) is 25.3 Å². The lowest BCUT2D eigenvalue weighted by Gasteiger charge is -2.26. The SMILES string of the molecule is CCNC(=O)CN(CC)C(=O)COC(=O)c1ccc(CN2CCOCC2)cc1. The molecule has 8 heteroatoms. The minimum atomic E-state index is -0.555. The van der Waals surface area contributed by atoms with Crippen molar-refractivity contribution in [2.24, 2.45) is 0 Å². The van der Waals surface area contributed by atoms with Crippen LogP contribution < -0.4 is 5.32 Å². The summed E-state index contributed by atoms with van der Waals surface area (Å²) >= 11 is 0. The summed E-state index contributed by atoms with van der Waals surface area (Å²) in [5.74, 6) is -1.19. The first-order valence-electron chi connectivity index (χ1n) is 9.64. The number of nitrogens with zero attached hydrogens (tertiary/aromatic N) is 2. The molecule has 1 N–H and O–H groups in total. The zero-order valence-corrected chi connectivity index (χ0v) is 16.6. The topological polar surface area (TPSA) is 88.2 Å². The average Bonchev–Trinajstić information content (AvgIpc) is 2.71. The number of amides is 2. The van der Waals surface area contributed by atoms with Crippen LogP contribution in [0.25, 0.3) is 0 Å². The number of esters is 1. The molecular weight excluding hydrogens is 362 g/mol. The highest BCUT2D eigenvalue weighted by Gasteiger charge is 2.18. The Balaban J connectivity index is 1.81. The van der Waals surface area contributed by atoms with Crippen LogP contribution in [0.3, 0.4) is 0 Å². The van der Waals surface area contributed by atoms with Crippen molar-refractivity contribution in [1.82, 2.24) is 15.1 Å². The number of likely N-dealkylation sites (N-methyl/N-ethyl adjacent to an activating group) is 2. The molecule has 0 aromatic heterocycles. The molecule has 1 aromatic rings. The Morgan fingerprint density at radius 1 is 1.14 bits per heavy atom. The number of hydrogen-bond acceptors (Lipinski definition) is 6. The second-order valence-electron chi connectivity index (χ2n) is 6.52. The first-order valence-corrected chi connectivity index (χ1v) is 9.64. The molecule has 0 bridgehead atoms. The maximum Gasteiger partial charge on any atom is 0.338 e. The van der Waals surface area contributed by atoms with Crippen molar-refractivity contribution in [3.63, 3.8) is 0 Å². The van der Waals surface area contributed by atoms with E-state index in [-0.39, 0.29) is 19.1 Å². The van der Waals surface area contributed by atoms with Crippen molar-refractivity contribution in [2.75, 3.05) is 52.5 Å². The highest BCUT2D eigenvalue weighted by molar-refractivity contribution is 5.92. The van der Waals surface area contributed by atoms with Crippen molar-refractivity contribution < 1.29 is 23.9 Å². The molecule has 1 aliphatic heterocycles. The molecule has 0 saturated carbocycles. The van der Waals surface area contributed by atoms with E-state index in [4.69, 9.17) is 9.47 Å². The minimum Gasteiger partial charge on any atom is -0.452 e. The summed E-state index contributed by atoms with van der Waals surface area (Å²) in [5.41, 5.74) is 1.50. The highest BCUT2D eigenvalue weighted by Crippen LogP contribution is 2.10. The van der Waals surface area contributed by atoms with Gasteiger partial charge in [0.15, 0.2) is 6.61 Å². The molecular formula is C20H29N3O5. The fraction of sp³-hybridized carbons (Fsp3) is 0.550. The molecule has 1 saturated heterocycles. The van der Waals surface area contributed by atoms with Crippen molar-refractivity contribution in [2.45, 2.75) is 20.4 Å². The van der Waals surface area contributed by atoms with Gasteiger partial charge in [-0.05, 0) is 31.5 Å². The number of hydrogen-bond donors (Lipinski definition) is 1. The van der Waals surface area contributed by atoms with Gasteiger partial charge in [0, 0.05) is 32.7 Å². The van der Waals surface area contributed by atoms with E-state index < -0.39 is 11.9 Å². The molecule has 28 heavy (non-hydrogen) atoms. The molecule has 8 nitrogen and oxygen atoms in total. The molecule has 154 valence electrons. The number of carbonyl (C=O) groups excluding carboxylic acids is 3. The van der Waals surface area contributed by atoms with Crippen LogP contribution in [-0.4, -0.2) is 80.1 Å². The van der Waals surface area contributed by atoms with Crippen LogP contribution in [0.1, 0.15) is 29.8 Å². The Bertz CT molecular complexity index is 656. The molecule has 2 amide bonds. The van der Waals surface area contributed by atoms with Crippen LogP contribution in [0.4, 0.5) is 0 Å². The van der Waals surface area contributed by atoms with E-state index >= 15 is 0 Å². The van der Waals surface area contributed by atoms with Gasteiger partial charge in [-0.3, -0.25) is 14.5 Å². The molecule has 1 aliphatic rings. The maximum absolute atomic E-state index is 12.2. The number of ether oxygens (including phenoxy) is 2. The maximum atomic E-state index is 12.2. The van der Waals surface area contributed by atoms with Gasteiger partial charge in [0.25, 0.3) is 5.91 Å². The van der Waals surface area contributed by atoms with Crippen LogP contribution >= 0.6 is 0 Å². The second-order valence-corrected chi connectivity index (χ2v) is 6.52. The molecule has 0 radical (unpaired) electrons. The Labute approximate surface area is 165 Å². The number of nitrogens with one attached hydrogen (secondary N) is 1. The lowest BCUT2D eigenvalue weighted by atomic mass is 10.1. The van der Waals surface area contributed by atoms with E-state index in [1.54, 1.807) is 19.1 Å². The molecule has 1 aromatic carbocycles. The summed E-state index contributed by atoms with van der Waals surface area (Å²) in [6.45, 7) is 8.11. The summed E-state index contributed by atoms with van der Waals surface area (Å²) in [4.78, 5) is 39.6. The smallest absolute Gasteiger partial charge is 0.338 e. The first-order chi connectivity index (χ1) is 13.5. The van der Waals surface area contributed by atoms with Gasteiger partial charge in [-0.2, -0.15) is 0 Å². The van der Waals surface area contributed by atoms with Crippen molar-refractivity contribution in [3.8, 4) is 0 Å². The molecule has 1 heterocycles. The summed E-state index contributed by atoms with van der Waals surface area (Å²) in [6, 6.07) is 7.19. The molecule has 0 atom stereocenters. The fourth-order valence-electron chi connectivity index (χ4n) is 2.87. The molecule has 0 spiro atoms. The van der Waals surface area contributed by atoms with Gasteiger partial charge >= 0.3 is 5.97 Å². The van der Waals surface area contributed by atoms with E-state index in [1.807, 2.05) is 19.1 Å². The number of morpholine rings is 1. The number of benzene rings is 1. The summed E-state index contributed by atoms with van der Waals surface area (Å²) in [7, 11) is 0. The standard InChI is InChI=1S/C20H29N3O5/c1-3-21-18(24)14-23(4-2)19(25)15-28-20(26)17-7-5-16(6-8-17)13-22-9-11-27-12-10-22/h5-8H,3-4,9-15H2,1-2H3,(H,21,24). The second kappa shape index (κ2) is 11.4. The monoisotopic (exact) mass is 391 g/mol. The van der Waals surface area contributed by atoms with E-state index in [9.17, 15) is 14.4 Å². The molecule has 2 rings (SSSR count). The fourth-order valence-corrected chi connectivity index (χ4v) is 2.87. The highest BCUT2D eigenvalue weighted by atomic mass is 16.5. The van der Waals surface area contributed by atoms with Gasteiger partial charge in [0.1, 0.15) is 0 Å². The van der Waals surface area contributed by atoms with Gasteiger partial charge in [0.2, 0.25) is 5.91 Å². The Morgan fingerprint density at radius 2 is 1.82 bits per heavy atom. The summed E-state index contributed by atoms with van der Waals surface area (Å²) in [6.07, 6.45) is 0. The van der Waals surface area contributed by atoms with Gasteiger partial charge < -0.3 is 19.7 Å². The van der Waals surface area contributed by atoms with E-state index in [2.05, 4.69) is 10.2 Å². The zero-order chi connectivity index (χ0) is 20.4.